The SMILES string of the molecule is CCOc1cccc(CN2CCN(CCn3cc(C(=O)NC(C)C)nn3)CC2)c1O. The van der Waals surface area contributed by atoms with E-state index in [1.54, 1.807) is 16.9 Å². The lowest BCUT2D eigenvalue weighted by atomic mass is 10.1. The van der Waals surface area contributed by atoms with Crippen LogP contribution in [0, 0.1) is 0 Å². The number of nitrogens with zero attached hydrogens (tertiary/aromatic N) is 5. The number of aromatic hydroxyl groups is 1. The molecule has 1 aliphatic rings. The topological polar surface area (TPSA) is 95.8 Å². The summed E-state index contributed by atoms with van der Waals surface area (Å²) >= 11 is 0. The normalized spacial score (nSPS) is 15.5. The smallest absolute Gasteiger partial charge is 0.273 e. The number of para-hydroxylation sites is 1. The van der Waals surface area contributed by atoms with Crippen LogP contribution in [0.3, 0.4) is 0 Å². The first kappa shape index (κ1) is 22.0. The Hall–Kier alpha value is -2.65. The molecule has 9 nitrogen and oxygen atoms in total. The largest absolute Gasteiger partial charge is 0.504 e. The molecule has 0 aliphatic carbocycles. The average molecular weight is 417 g/mol. The highest BCUT2D eigenvalue weighted by Gasteiger charge is 2.19. The van der Waals surface area contributed by atoms with Crippen molar-refractivity contribution in [3.63, 3.8) is 0 Å². The Morgan fingerprint density at radius 2 is 1.93 bits per heavy atom. The lowest BCUT2D eigenvalue weighted by Gasteiger charge is -2.34. The zero-order chi connectivity index (χ0) is 21.5. The van der Waals surface area contributed by atoms with Gasteiger partial charge in [0, 0.05) is 50.9 Å². The highest BCUT2D eigenvalue weighted by atomic mass is 16.5. The summed E-state index contributed by atoms with van der Waals surface area (Å²) in [4.78, 5) is 16.7. The standard InChI is InChI=1S/C21H32N6O3/c1-4-30-19-7-5-6-17(20(19)28)14-26-10-8-25(9-11-26)12-13-27-15-18(23-24-27)21(29)22-16(2)3/h5-7,15-16,28H,4,8-14H2,1-3H3,(H,22,29). The second kappa shape index (κ2) is 10.4. The van der Waals surface area contributed by atoms with Gasteiger partial charge in [-0.2, -0.15) is 0 Å². The number of carbonyl (C=O) groups excluding carboxylic acids is 1. The number of aromatic nitrogens is 3. The van der Waals surface area contributed by atoms with Crippen LogP contribution in [0.2, 0.25) is 0 Å². The zero-order valence-corrected chi connectivity index (χ0v) is 18.0. The molecule has 1 aliphatic heterocycles. The molecule has 0 spiro atoms. The minimum absolute atomic E-state index is 0.0718. The van der Waals surface area contributed by atoms with E-state index in [9.17, 15) is 9.90 Å². The first-order valence-corrected chi connectivity index (χ1v) is 10.6. The zero-order valence-electron chi connectivity index (χ0n) is 18.0. The fourth-order valence-corrected chi connectivity index (χ4v) is 3.47. The van der Waals surface area contributed by atoms with Crippen molar-refractivity contribution in [3.8, 4) is 11.5 Å². The maximum Gasteiger partial charge on any atom is 0.273 e. The van der Waals surface area contributed by atoms with Gasteiger partial charge >= 0.3 is 0 Å². The van der Waals surface area contributed by atoms with E-state index in [0.717, 1.165) is 38.3 Å². The van der Waals surface area contributed by atoms with E-state index in [-0.39, 0.29) is 17.7 Å². The number of amides is 1. The van der Waals surface area contributed by atoms with Crippen LogP contribution < -0.4 is 10.1 Å². The molecule has 0 radical (unpaired) electrons. The summed E-state index contributed by atoms with van der Waals surface area (Å²) in [6, 6.07) is 5.73. The quantitative estimate of drug-likeness (QED) is 0.637. The van der Waals surface area contributed by atoms with Crippen molar-refractivity contribution in [2.45, 2.75) is 39.9 Å². The Morgan fingerprint density at radius 1 is 1.20 bits per heavy atom. The summed E-state index contributed by atoms with van der Waals surface area (Å²) in [5.74, 6) is 0.592. The minimum Gasteiger partial charge on any atom is -0.504 e. The van der Waals surface area contributed by atoms with Crippen LogP contribution in [-0.2, 0) is 13.1 Å². The van der Waals surface area contributed by atoms with Crippen molar-refractivity contribution in [3.05, 3.63) is 35.7 Å². The van der Waals surface area contributed by atoms with Crippen LogP contribution in [0.15, 0.2) is 24.4 Å². The summed E-state index contributed by atoms with van der Waals surface area (Å²) in [5.41, 5.74) is 1.24. The van der Waals surface area contributed by atoms with Crippen LogP contribution in [0.5, 0.6) is 11.5 Å². The van der Waals surface area contributed by atoms with Gasteiger partial charge in [0.05, 0.1) is 19.3 Å². The predicted octanol–water partition coefficient (Wildman–Crippen LogP) is 1.34. The molecule has 1 aromatic carbocycles. The Labute approximate surface area is 177 Å². The van der Waals surface area contributed by atoms with E-state index >= 15 is 0 Å². The third-order valence-corrected chi connectivity index (χ3v) is 5.08. The number of ether oxygens (including phenoxy) is 1. The maximum absolute atomic E-state index is 12.0. The van der Waals surface area contributed by atoms with Crippen molar-refractivity contribution in [2.24, 2.45) is 0 Å². The number of phenolic OH excluding ortho intramolecular Hbond substituents is 1. The molecule has 0 atom stereocenters. The Kier molecular flexibility index (Phi) is 7.64. The Morgan fingerprint density at radius 3 is 2.63 bits per heavy atom. The molecule has 9 heteroatoms. The van der Waals surface area contributed by atoms with Crippen LogP contribution in [-0.4, -0.2) is 81.2 Å². The molecule has 1 fully saturated rings. The van der Waals surface area contributed by atoms with Crippen molar-refractivity contribution in [1.82, 2.24) is 30.1 Å². The summed E-state index contributed by atoms with van der Waals surface area (Å²) in [6.07, 6.45) is 1.70. The molecule has 0 bridgehead atoms. The number of hydrogen-bond donors (Lipinski definition) is 2. The van der Waals surface area contributed by atoms with Crippen molar-refractivity contribution in [1.29, 1.82) is 0 Å². The molecule has 1 amide bonds. The Bertz CT molecular complexity index is 830. The van der Waals surface area contributed by atoms with Gasteiger partial charge in [-0.05, 0) is 26.8 Å². The molecule has 3 rings (SSSR count). The van der Waals surface area contributed by atoms with Gasteiger partial charge in [0.1, 0.15) is 0 Å². The number of benzene rings is 1. The highest BCUT2D eigenvalue weighted by Crippen LogP contribution is 2.30. The molecule has 2 N–H and O–H groups in total. The van der Waals surface area contributed by atoms with Crippen LogP contribution in [0.4, 0.5) is 0 Å². The third-order valence-electron chi connectivity index (χ3n) is 5.08. The van der Waals surface area contributed by atoms with Crippen molar-refractivity contribution >= 4 is 5.91 Å². The molecule has 164 valence electrons. The summed E-state index contributed by atoms with van der Waals surface area (Å²) in [6.45, 7) is 12.3. The number of piperazine rings is 1. The second-order valence-corrected chi connectivity index (χ2v) is 7.81. The lowest BCUT2D eigenvalue weighted by Crippen LogP contribution is -2.46. The van der Waals surface area contributed by atoms with E-state index in [0.29, 0.717) is 31.1 Å². The maximum atomic E-state index is 12.0. The summed E-state index contributed by atoms with van der Waals surface area (Å²) < 4.78 is 7.20. The summed E-state index contributed by atoms with van der Waals surface area (Å²) in [7, 11) is 0. The lowest BCUT2D eigenvalue weighted by molar-refractivity contribution is 0.0938. The predicted molar refractivity (Wildman–Crippen MR) is 114 cm³/mol. The third kappa shape index (κ3) is 5.93. The first-order chi connectivity index (χ1) is 14.5. The minimum atomic E-state index is -0.193. The molecule has 1 aromatic heterocycles. The van der Waals surface area contributed by atoms with E-state index < -0.39 is 0 Å². The van der Waals surface area contributed by atoms with E-state index in [1.165, 1.54) is 0 Å². The number of phenols is 1. The van der Waals surface area contributed by atoms with Gasteiger partial charge in [0.15, 0.2) is 17.2 Å². The molecule has 1 saturated heterocycles. The first-order valence-electron chi connectivity index (χ1n) is 10.6. The monoisotopic (exact) mass is 416 g/mol. The number of rotatable bonds is 9. The molecular formula is C21H32N6O3. The number of nitrogens with one attached hydrogen (secondary N) is 1. The van der Waals surface area contributed by atoms with Gasteiger partial charge in [0.25, 0.3) is 5.91 Å². The van der Waals surface area contributed by atoms with Crippen molar-refractivity contribution < 1.29 is 14.6 Å². The van der Waals surface area contributed by atoms with Gasteiger partial charge in [-0.1, -0.05) is 17.3 Å². The molecule has 0 unspecified atom stereocenters. The van der Waals surface area contributed by atoms with E-state index in [1.807, 2.05) is 32.9 Å². The molecular weight excluding hydrogens is 384 g/mol. The van der Waals surface area contributed by atoms with Gasteiger partial charge in [-0.25, -0.2) is 0 Å². The van der Waals surface area contributed by atoms with Gasteiger partial charge in [-0.15, -0.1) is 5.10 Å². The second-order valence-electron chi connectivity index (χ2n) is 7.81. The average Bonchev–Trinajstić information content (AvgIpc) is 3.19. The summed E-state index contributed by atoms with van der Waals surface area (Å²) in [5, 5.41) is 21.2. The fourth-order valence-electron chi connectivity index (χ4n) is 3.47. The van der Waals surface area contributed by atoms with Crippen LogP contribution in [0.1, 0.15) is 36.8 Å². The van der Waals surface area contributed by atoms with E-state index in [4.69, 9.17) is 4.74 Å². The van der Waals surface area contributed by atoms with Gasteiger partial charge in [-0.3, -0.25) is 19.3 Å². The molecule has 2 aromatic rings. The van der Waals surface area contributed by atoms with E-state index in [2.05, 4.69) is 25.4 Å². The fraction of sp³-hybridized carbons (Fsp3) is 0.571. The number of carbonyl (C=O) groups is 1. The van der Waals surface area contributed by atoms with Crippen molar-refractivity contribution in [2.75, 3.05) is 39.3 Å². The molecule has 30 heavy (non-hydrogen) atoms. The van der Waals surface area contributed by atoms with Crippen LogP contribution >= 0.6 is 0 Å². The van der Waals surface area contributed by atoms with Crippen LogP contribution in [0.25, 0.3) is 0 Å². The number of hydrogen-bond acceptors (Lipinski definition) is 7. The molecule has 2 heterocycles. The molecule has 0 saturated carbocycles. The Balaban J connectivity index is 1.44. The van der Waals surface area contributed by atoms with Gasteiger partial charge in [0.2, 0.25) is 0 Å². The highest BCUT2D eigenvalue weighted by molar-refractivity contribution is 5.91. The van der Waals surface area contributed by atoms with Gasteiger partial charge < -0.3 is 15.2 Å².